The average molecular weight is 254 g/mol. The fourth-order valence-electron chi connectivity index (χ4n) is 1.95. The van der Waals surface area contributed by atoms with Crippen molar-refractivity contribution < 1.29 is 4.79 Å². The number of carbonyl (C=O) groups is 1. The van der Waals surface area contributed by atoms with Gasteiger partial charge < -0.3 is 16.4 Å². The molecule has 5 heteroatoms. The van der Waals surface area contributed by atoms with Crippen LogP contribution in [0.1, 0.15) is 16.8 Å². The van der Waals surface area contributed by atoms with Crippen LogP contribution in [-0.4, -0.2) is 25.5 Å². The zero-order chi connectivity index (χ0) is 12.3. The van der Waals surface area contributed by atoms with Gasteiger partial charge in [-0.25, -0.2) is 0 Å². The van der Waals surface area contributed by atoms with E-state index in [0.29, 0.717) is 16.5 Å². The zero-order valence-corrected chi connectivity index (χ0v) is 10.3. The molecule has 1 aromatic rings. The summed E-state index contributed by atoms with van der Waals surface area (Å²) < 4.78 is 0. The third-order valence-corrected chi connectivity index (χ3v) is 3.31. The van der Waals surface area contributed by atoms with Gasteiger partial charge in [0.2, 0.25) is 5.91 Å². The van der Waals surface area contributed by atoms with E-state index < -0.39 is 5.91 Å². The number of benzene rings is 1. The van der Waals surface area contributed by atoms with Crippen molar-refractivity contribution in [3.63, 3.8) is 0 Å². The molecule has 1 saturated heterocycles. The van der Waals surface area contributed by atoms with Crippen LogP contribution in [0.15, 0.2) is 18.2 Å². The number of hydrogen-bond donors (Lipinski definition) is 3. The molecule has 4 N–H and O–H groups in total. The van der Waals surface area contributed by atoms with E-state index in [0.717, 1.165) is 25.3 Å². The van der Waals surface area contributed by atoms with E-state index in [1.807, 2.05) is 0 Å². The summed E-state index contributed by atoms with van der Waals surface area (Å²) in [6, 6.07) is 5.08. The number of primary amides is 1. The van der Waals surface area contributed by atoms with Crippen molar-refractivity contribution in [3.05, 3.63) is 28.8 Å². The van der Waals surface area contributed by atoms with E-state index >= 15 is 0 Å². The Morgan fingerprint density at radius 2 is 2.41 bits per heavy atom. The predicted octanol–water partition coefficient (Wildman–Crippen LogP) is 1.46. The standard InChI is InChI=1S/C12H16ClN3O/c13-10-5-9(12(14)17)1-2-11(10)16-7-8-3-4-15-6-8/h1-2,5,8,15-16H,3-4,6-7H2,(H2,14,17). The Morgan fingerprint density at radius 1 is 1.59 bits per heavy atom. The van der Waals surface area contributed by atoms with Crippen LogP contribution in [-0.2, 0) is 0 Å². The second-order valence-electron chi connectivity index (χ2n) is 4.30. The first kappa shape index (κ1) is 12.2. The predicted molar refractivity (Wildman–Crippen MR) is 69.4 cm³/mol. The lowest BCUT2D eigenvalue weighted by molar-refractivity contribution is 0.100. The summed E-state index contributed by atoms with van der Waals surface area (Å²) >= 11 is 6.07. The minimum atomic E-state index is -0.460. The van der Waals surface area contributed by atoms with Crippen LogP contribution in [0.25, 0.3) is 0 Å². The highest BCUT2D eigenvalue weighted by molar-refractivity contribution is 6.33. The minimum absolute atomic E-state index is 0.433. The van der Waals surface area contributed by atoms with Crippen molar-refractivity contribution in [3.8, 4) is 0 Å². The molecule has 1 atom stereocenters. The number of hydrogen-bond acceptors (Lipinski definition) is 3. The molecule has 1 unspecified atom stereocenters. The topological polar surface area (TPSA) is 67.2 Å². The molecule has 0 radical (unpaired) electrons. The second-order valence-corrected chi connectivity index (χ2v) is 4.71. The van der Waals surface area contributed by atoms with Crippen LogP contribution in [0.4, 0.5) is 5.69 Å². The summed E-state index contributed by atoms with van der Waals surface area (Å²) in [5.41, 5.74) is 6.46. The highest BCUT2D eigenvalue weighted by Gasteiger charge is 2.14. The van der Waals surface area contributed by atoms with Crippen molar-refractivity contribution in [1.82, 2.24) is 5.32 Å². The first-order chi connectivity index (χ1) is 8.16. The quantitative estimate of drug-likeness (QED) is 0.761. The molecule has 0 saturated carbocycles. The molecule has 1 aliphatic heterocycles. The molecule has 1 aromatic carbocycles. The molecule has 4 nitrogen and oxygen atoms in total. The van der Waals surface area contributed by atoms with Gasteiger partial charge in [0, 0.05) is 12.1 Å². The molecule has 2 rings (SSSR count). The van der Waals surface area contributed by atoms with Gasteiger partial charge in [0.05, 0.1) is 10.7 Å². The molecule has 0 spiro atoms. The molecule has 0 aromatic heterocycles. The third kappa shape index (κ3) is 3.11. The van der Waals surface area contributed by atoms with Crippen molar-refractivity contribution >= 4 is 23.2 Å². The van der Waals surface area contributed by atoms with E-state index in [1.165, 1.54) is 6.42 Å². The maximum atomic E-state index is 11.0. The summed E-state index contributed by atoms with van der Waals surface area (Å²) in [6.07, 6.45) is 1.18. The van der Waals surface area contributed by atoms with Crippen LogP contribution >= 0.6 is 11.6 Å². The number of carbonyl (C=O) groups excluding carboxylic acids is 1. The summed E-state index contributed by atoms with van der Waals surface area (Å²) in [7, 11) is 0. The third-order valence-electron chi connectivity index (χ3n) is 3.00. The van der Waals surface area contributed by atoms with Gasteiger partial charge in [-0.2, -0.15) is 0 Å². The molecule has 1 aliphatic rings. The van der Waals surface area contributed by atoms with Crippen molar-refractivity contribution in [1.29, 1.82) is 0 Å². The first-order valence-electron chi connectivity index (χ1n) is 5.71. The lowest BCUT2D eigenvalue weighted by Gasteiger charge is -2.12. The highest BCUT2D eigenvalue weighted by Crippen LogP contribution is 2.23. The van der Waals surface area contributed by atoms with Gasteiger partial charge in [-0.1, -0.05) is 11.6 Å². The van der Waals surface area contributed by atoms with Gasteiger partial charge in [-0.15, -0.1) is 0 Å². The number of rotatable bonds is 4. The average Bonchev–Trinajstić information content (AvgIpc) is 2.80. The fraction of sp³-hybridized carbons (Fsp3) is 0.417. The molecule has 0 aliphatic carbocycles. The second kappa shape index (κ2) is 5.38. The van der Waals surface area contributed by atoms with Gasteiger partial charge in [-0.3, -0.25) is 4.79 Å². The van der Waals surface area contributed by atoms with Crippen LogP contribution < -0.4 is 16.4 Å². The van der Waals surface area contributed by atoms with E-state index in [1.54, 1.807) is 18.2 Å². The van der Waals surface area contributed by atoms with Crippen molar-refractivity contribution in [2.75, 3.05) is 25.0 Å². The number of amides is 1. The summed E-state index contributed by atoms with van der Waals surface area (Å²) in [6.45, 7) is 3.02. The zero-order valence-electron chi connectivity index (χ0n) is 9.50. The number of anilines is 1. The van der Waals surface area contributed by atoms with Gasteiger partial charge >= 0.3 is 0 Å². The van der Waals surface area contributed by atoms with Crippen LogP contribution in [0, 0.1) is 5.92 Å². The van der Waals surface area contributed by atoms with Gasteiger partial charge in [0.1, 0.15) is 0 Å². The van der Waals surface area contributed by atoms with Crippen LogP contribution in [0.2, 0.25) is 5.02 Å². The van der Waals surface area contributed by atoms with Crippen molar-refractivity contribution in [2.24, 2.45) is 11.7 Å². The number of halogens is 1. The Labute approximate surface area is 106 Å². The van der Waals surface area contributed by atoms with Gasteiger partial charge in [0.25, 0.3) is 0 Å². The first-order valence-corrected chi connectivity index (χ1v) is 6.08. The smallest absolute Gasteiger partial charge is 0.248 e. The molecule has 92 valence electrons. The largest absolute Gasteiger partial charge is 0.384 e. The molecule has 1 fully saturated rings. The van der Waals surface area contributed by atoms with E-state index in [4.69, 9.17) is 17.3 Å². The Bertz CT molecular complexity index is 416. The Hall–Kier alpha value is -1.26. The Morgan fingerprint density at radius 3 is 3.00 bits per heavy atom. The number of nitrogens with one attached hydrogen (secondary N) is 2. The van der Waals surface area contributed by atoms with Crippen LogP contribution in [0.3, 0.4) is 0 Å². The number of nitrogens with two attached hydrogens (primary N) is 1. The molecular formula is C12H16ClN3O. The SMILES string of the molecule is NC(=O)c1ccc(NCC2CCNC2)c(Cl)c1. The minimum Gasteiger partial charge on any atom is -0.384 e. The molecule has 17 heavy (non-hydrogen) atoms. The Balaban J connectivity index is 1.98. The van der Waals surface area contributed by atoms with E-state index in [9.17, 15) is 4.79 Å². The fourth-order valence-corrected chi connectivity index (χ4v) is 2.20. The normalized spacial score (nSPS) is 19.2. The molecule has 1 amide bonds. The van der Waals surface area contributed by atoms with Gasteiger partial charge in [0.15, 0.2) is 0 Å². The lowest BCUT2D eigenvalue weighted by atomic mass is 10.1. The van der Waals surface area contributed by atoms with E-state index in [2.05, 4.69) is 10.6 Å². The van der Waals surface area contributed by atoms with Crippen LogP contribution in [0.5, 0.6) is 0 Å². The summed E-state index contributed by atoms with van der Waals surface area (Å²) in [5, 5.41) is 7.14. The molecule has 0 bridgehead atoms. The van der Waals surface area contributed by atoms with Crippen molar-refractivity contribution in [2.45, 2.75) is 6.42 Å². The highest BCUT2D eigenvalue weighted by atomic mass is 35.5. The molecule has 1 heterocycles. The Kier molecular flexibility index (Phi) is 3.86. The maximum Gasteiger partial charge on any atom is 0.248 e. The van der Waals surface area contributed by atoms with Gasteiger partial charge in [-0.05, 0) is 43.6 Å². The summed E-state index contributed by atoms with van der Waals surface area (Å²) in [5.74, 6) is 0.181. The maximum absolute atomic E-state index is 11.0. The summed E-state index contributed by atoms with van der Waals surface area (Å²) in [4.78, 5) is 11.0. The monoisotopic (exact) mass is 253 g/mol. The lowest BCUT2D eigenvalue weighted by Crippen LogP contribution is -2.17. The molecular weight excluding hydrogens is 238 g/mol. The van der Waals surface area contributed by atoms with E-state index in [-0.39, 0.29) is 0 Å².